The van der Waals surface area contributed by atoms with Gasteiger partial charge < -0.3 is 13.9 Å². The van der Waals surface area contributed by atoms with Crippen LogP contribution in [0.5, 0.6) is 0 Å². The molecule has 0 saturated carbocycles. The van der Waals surface area contributed by atoms with Crippen molar-refractivity contribution in [2.24, 2.45) is 0 Å². The van der Waals surface area contributed by atoms with Gasteiger partial charge in [-0.25, -0.2) is 0 Å². The molecule has 0 amide bonds. The van der Waals surface area contributed by atoms with Gasteiger partial charge in [0, 0.05) is 33.2 Å². The molecule has 13 aromatic rings. The van der Waals surface area contributed by atoms with Crippen LogP contribution in [0.1, 0.15) is 22.3 Å². The highest BCUT2D eigenvalue weighted by molar-refractivity contribution is 6.14. The summed E-state index contributed by atoms with van der Waals surface area (Å²) in [5.41, 5.74) is 20.9. The van der Waals surface area contributed by atoms with Gasteiger partial charge in [0.2, 0.25) is 0 Å². The number of benzene rings is 11. The molecular weight excluding hydrogens is 825 g/mol. The van der Waals surface area contributed by atoms with E-state index in [1.807, 2.05) is 6.07 Å². The van der Waals surface area contributed by atoms with Gasteiger partial charge in [0.25, 0.3) is 0 Å². The van der Waals surface area contributed by atoms with Gasteiger partial charge in [-0.05, 0) is 139 Å². The third-order valence-corrected chi connectivity index (χ3v) is 15.0. The zero-order valence-corrected chi connectivity index (χ0v) is 36.9. The summed E-state index contributed by atoms with van der Waals surface area (Å²) in [4.78, 5) is 2.44. The number of fused-ring (bicyclic) bond motifs is 17. The summed E-state index contributed by atoms with van der Waals surface area (Å²) in [6, 6.07) is 89.3. The minimum Gasteiger partial charge on any atom is -0.456 e. The summed E-state index contributed by atoms with van der Waals surface area (Å²) in [6.45, 7) is 0. The molecule has 2 heterocycles. The molecule has 11 aromatic carbocycles. The molecule has 3 nitrogen and oxygen atoms in total. The average Bonchev–Trinajstić information content (AvgIpc) is 4.13. The maximum Gasteiger partial charge on any atom is 0.137 e. The van der Waals surface area contributed by atoms with Crippen molar-refractivity contribution in [2.45, 2.75) is 5.41 Å². The molecule has 3 heteroatoms. The van der Waals surface area contributed by atoms with E-state index < -0.39 is 5.41 Å². The zero-order chi connectivity index (χ0) is 44.5. The molecule has 0 bridgehead atoms. The highest BCUT2D eigenvalue weighted by atomic mass is 16.3. The highest BCUT2D eigenvalue weighted by Crippen LogP contribution is 2.63. The van der Waals surface area contributed by atoms with E-state index in [0.29, 0.717) is 0 Å². The van der Waals surface area contributed by atoms with Crippen LogP contribution in [0.25, 0.3) is 93.6 Å². The molecule has 2 aliphatic rings. The van der Waals surface area contributed by atoms with E-state index in [1.54, 1.807) is 0 Å². The lowest BCUT2D eigenvalue weighted by atomic mass is 9.70. The van der Waals surface area contributed by atoms with Gasteiger partial charge in [-0.1, -0.05) is 170 Å². The molecule has 0 radical (unpaired) electrons. The average molecular weight is 865 g/mol. The fourth-order valence-electron chi connectivity index (χ4n) is 12.1. The topological polar surface area (TPSA) is 21.3 Å². The largest absolute Gasteiger partial charge is 0.456 e. The number of para-hydroxylation sites is 2. The van der Waals surface area contributed by atoms with Gasteiger partial charge in [0.05, 0.1) is 27.5 Å². The predicted octanol–water partition coefficient (Wildman–Crippen LogP) is 17.3. The van der Waals surface area contributed by atoms with Crippen molar-refractivity contribution in [3.63, 3.8) is 0 Å². The van der Waals surface area contributed by atoms with Crippen molar-refractivity contribution >= 4 is 71.6 Å². The number of hydrogen-bond donors (Lipinski definition) is 0. The van der Waals surface area contributed by atoms with Gasteiger partial charge in [0.15, 0.2) is 0 Å². The van der Waals surface area contributed by atoms with Crippen LogP contribution in [-0.4, -0.2) is 4.57 Å². The van der Waals surface area contributed by atoms with Crippen molar-refractivity contribution < 1.29 is 4.42 Å². The first-order valence-corrected chi connectivity index (χ1v) is 23.5. The van der Waals surface area contributed by atoms with Crippen LogP contribution in [0.15, 0.2) is 247 Å². The number of anilines is 3. The van der Waals surface area contributed by atoms with Gasteiger partial charge in [-0.15, -0.1) is 0 Å². The lowest BCUT2D eigenvalue weighted by Gasteiger charge is -2.32. The fraction of sp³-hybridized carbons (Fsp3) is 0.0154. The van der Waals surface area contributed by atoms with Crippen LogP contribution in [0, 0.1) is 0 Å². The number of nitrogens with zero attached hydrogens (tertiary/aromatic N) is 2. The van der Waals surface area contributed by atoms with Crippen molar-refractivity contribution in [1.29, 1.82) is 0 Å². The summed E-state index contributed by atoms with van der Waals surface area (Å²) >= 11 is 0. The van der Waals surface area contributed by atoms with Crippen molar-refractivity contribution in [3.8, 4) is 39.1 Å². The standard InChI is InChI=1S/C65H40N2O/c1-2-15-43-38-46(34-30-41(43)14-1)67-59-24-11-6-19-52(59)54-39-44(31-37-60(54)67)42-28-32-45(33-29-42)66(61-25-13-27-63-64(61)53-20-7-12-26-62(53)68-63)47-35-36-51-50-18-5-10-23-57(50)65(58(51)40-47)55-21-8-3-16-48(55)49-17-4-9-22-56(49)65/h1-40H. The molecule has 0 fully saturated rings. The van der Waals surface area contributed by atoms with Gasteiger partial charge in [-0.2, -0.15) is 0 Å². The molecule has 68 heavy (non-hydrogen) atoms. The van der Waals surface area contributed by atoms with Crippen LogP contribution in [0.4, 0.5) is 17.1 Å². The Balaban J connectivity index is 0.915. The zero-order valence-electron chi connectivity index (χ0n) is 36.9. The SMILES string of the molecule is c1ccc2c(c1)-c1ccccc1C21c2ccccc2-c2ccc(N(c3ccc(-c4ccc5c(c4)c4ccccc4n5-c4ccc5ccccc5c4)cc3)c3cccc4oc5ccccc5c34)cc21. The first-order chi connectivity index (χ1) is 33.7. The number of hydrogen-bond acceptors (Lipinski definition) is 2. The second-order valence-electron chi connectivity index (χ2n) is 18.4. The van der Waals surface area contributed by atoms with E-state index in [1.165, 1.54) is 82.6 Å². The maximum absolute atomic E-state index is 6.55. The summed E-state index contributed by atoms with van der Waals surface area (Å²) in [7, 11) is 0. The Labute approximate surface area is 393 Å². The van der Waals surface area contributed by atoms with Crippen molar-refractivity contribution in [2.75, 3.05) is 4.90 Å². The summed E-state index contributed by atoms with van der Waals surface area (Å²) < 4.78 is 8.96. The van der Waals surface area contributed by atoms with Crippen LogP contribution in [-0.2, 0) is 5.41 Å². The smallest absolute Gasteiger partial charge is 0.137 e. The van der Waals surface area contributed by atoms with E-state index in [-0.39, 0.29) is 0 Å². The molecule has 0 N–H and O–H groups in total. The predicted molar refractivity (Wildman–Crippen MR) is 282 cm³/mol. The Morgan fingerprint density at radius 2 is 0.941 bits per heavy atom. The first-order valence-electron chi connectivity index (χ1n) is 23.5. The van der Waals surface area contributed by atoms with E-state index in [4.69, 9.17) is 4.42 Å². The van der Waals surface area contributed by atoms with Gasteiger partial charge in [0.1, 0.15) is 11.2 Å². The number of aromatic nitrogens is 1. The van der Waals surface area contributed by atoms with Crippen LogP contribution >= 0.6 is 0 Å². The molecule has 15 rings (SSSR count). The Bertz CT molecular complexity index is 4160. The third kappa shape index (κ3) is 5.07. The van der Waals surface area contributed by atoms with Gasteiger partial charge in [-0.3, -0.25) is 0 Å². The van der Waals surface area contributed by atoms with Crippen LogP contribution in [0.2, 0.25) is 0 Å². The molecule has 0 saturated heterocycles. The normalized spacial score (nSPS) is 13.1. The summed E-state index contributed by atoms with van der Waals surface area (Å²) in [5.74, 6) is 0. The Kier molecular flexibility index (Phi) is 7.71. The van der Waals surface area contributed by atoms with E-state index >= 15 is 0 Å². The van der Waals surface area contributed by atoms with Crippen LogP contribution in [0.3, 0.4) is 0 Å². The van der Waals surface area contributed by atoms with E-state index in [9.17, 15) is 0 Å². The molecule has 0 atom stereocenters. The number of rotatable bonds is 5. The second-order valence-corrected chi connectivity index (χ2v) is 18.4. The molecule has 0 aliphatic heterocycles. The fourth-order valence-corrected chi connectivity index (χ4v) is 12.1. The molecule has 2 aliphatic carbocycles. The van der Waals surface area contributed by atoms with E-state index in [0.717, 1.165) is 50.3 Å². The third-order valence-electron chi connectivity index (χ3n) is 15.0. The number of furan rings is 1. The second kappa shape index (κ2) is 14.0. The minimum absolute atomic E-state index is 0.463. The lowest BCUT2D eigenvalue weighted by Crippen LogP contribution is -2.26. The van der Waals surface area contributed by atoms with Gasteiger partial charge >= 0.3 is 0 Å². The maximum atomic E-state index is 6.55. The van der Waals surface area contributed by atoms with E-state index in [2.05, 4.69) is 246 Å². The monoisotopic (exact) mass is 864 g/mol. The quantitative estimate of drug-likeness (QED) is 0.172. The van der Waals surface area contributed by atoms with Crippen molar-refractivity contribution in [3.05, 3.63) is 265 Å². The Morgan fingerprint density at radius 1 is 0.353 bits per heavy atom. The summed E-state index contributed by atoms with van der Waals surface area (Å²) in [6.07, 6.45) is 0. The Morgan fingerprint density at radius 3 is 1.71 bits per heavy atom. The Hall–Kier alpha value is -8.92. The molecule has 2 aromatic heterocycles. The molecule has 316 valence electrons. The molecular formula is C65H40N2O. The molecule has 0 unspecified atom stereocenters. The first kappa shape index (κ1) is 37.3. The summed E-state index contributed by atoms with van der Waals surface area (Å²) in [5, 5.41) is 7.14. The molecule has 1 spiro atoms. The minimum atomic E-state index is -0.463. The lowest BCUT2D eigenvalue weighted by molar-refractivity contribution is 0.669. The van der Waals surface area contributed by atoms with Crippen LogP contribution < -0.4 is 4.90 Å². The van der Waals surface area contributed by atoms with Crippen molar-refractivity contribution in [1.82, 2.24) is 4.57 Å². The highest BCUT2D eigenvalue weighted by Gasteiger charge is 2.51.